The highest BCUT2D eigenvalue weighted by Gasteiger charge is 2.20. The molecule has 0 aliphatic carbocycles. The maximum absolute atomic E-state index is 5.92. The Balaban J connectivity index is 1.98. The second-order valence-corrected chi connectivity index (χ2v) is 4.48. The largest absolute Gasteiger partial charge is 0.367 e. The van der Waals surface area contributed by atoms with E-state index in [4.69, 9.17) is 10.3 Å². The zero-order chi connectivity index (χ0) is 14.2. The van der Waals surface area contributed by atoms with Crippen molar-refractivity contribution in [3.63, 3.8) is 0 Å². The van der Waals surface area contributed by atoms with Crippen LogP contribution < -0.4 is 5.73 Å². The number of anilines is 1. The van der Waals surface area contributed by atoms with Crippen molar-refractivity contribution in [3.05, 3.63) is 49.3 Å². The van der Waals surface area contributed by atoms with Crippen molar-refractivity contribution in [1.82, 2.24) is 24.7 Å². The third-order valence-corrected chi connectivity index (χ3v) is 3.25. The van der Waals surface area contributed by atoms with Gasteiger partial charge in [-0.25, -0.2) is 4.52 Å². The highest BCUT2D eigenvalue weighted by Crippen LogP contribution is 2.37. The minimum atomic E-state index is 0.251. The first-order valence-corrected chi connectivity index (χ1v) is 6.28. The Bertz CT molecular complexity index is 912. The topological polar surface area (TPSA) is 95.1 Å². The van der Waals surface area contributed by atoms with Crippen LogP contribution in [0.25, 0.3) is 27.9 Å². The van der Waals surface area contributed by atoms with E-state index in [0.717, 1.165) is 16.6 Å². The van der Waals surface area contributed by atoms with Crippen LogP contribution in [0.2, 0.25) is 0 Å². The SMILES string of the molecule is Nc1onc(-c2cnn3ccncc23)c1-c1cccnc1. The van der Waals surface area contributed by atoms with Gasteiger partial charge in [-0.05, 0) is 6.07 Å². The molecule has 4 aromatic heterocycles. The van der Waals surface area contributed by atoms with Crippen LogP contribution in [0.4, 0.5) is 5.88 Å². The highest BCUT2D eigenvalue weighted by molar-refractivity contribution is 5.91. The van der Waals surface area contributed by atoms with E-state index < -0.39 is 0 Å². The molecule has 0 spiro atoms. The molecule has 0 saturated heterocycles. The van der Waals surface area contributed by atoms with Crippen LogP contribution in [-0.4, -0.2) is 24.7 Å². The summed E-state index contributed by atoms with van der Waals surface area (Å²) in [5.41, 5.74) is 9.74. The number of rotatable bonds is 2. The van der Waals surface area contributed by atoms with Crippen LogP contribution in [0.1, 0.15) is 0 Å². The quantitative estimate of drug-likeness (QED) is 0.602. The standard InChI is InChI=1S/C14H10N6O/c15-14-12(9-2-1-3-16-6-9)13(19-21-14)10-7-18-20-5-4-17-8-11(10)20/h1-8H,15H2. The summed E-state index contributed by atoms with van der Waals surface area (Å²) >= 11 is 0. The molecule has 0 fully saturated rings. The van der Waals surface area contributed by atoms with Gasteiger partial charge in [0.1, 0.15) is 5.69 Å². The third-order valence-electron chi connectivity index (χ3n) is 3.25. The number of nitrogens with zero attached hydrogens (tertiary/aromatic N) is 5. The van der Waals surface area contributed by atoms with E-state index in [1.54, 1.807) is 41.7 Å². The van der Waals surface area contributed by atoms with Crippen molar-refractivity contribution in [2.75, 3.05) is 5.73 Å². The van der Waals surface area contributed by atoms with Crippen molar-refractivity contribution in [2.24, 2.45) is 0 Å². The maximum atomic E-state index is 5.92. The summed E-state index contributed by atoms with van der Waals surface area (Å²) in [4.78, 5) is 8.23. The molecule has 0 atom stereocenters. The number of fused-ring (bicyclic) bond motifs is 1. The predicted octanol–water partition coefficient (Wildman–Crippen LogP) is 2.03. The molecule has 7 heteroatoms. The molecule has 0 aliphatic heterocycles. The lowest BCUT2D eigenvalue weighted by Crippen LogP contribution is -1.89. The molecule has 0 aromatic carbocycles. The van der Waals surface area contributed by atoms with Crippen molar-refractivity contribution in [3.8, 4) is 22.4 Å². The first-order chi connectivity index (χ1) is 10.3. The summed E-state index contributed by atoms with van der Waals surface area (Å²) in [6.07, 6.45) is 10.3. The van der Waals surface area contributed by atoms with Crippen molar-refractivity contribution in [2.45, 2.75) is 0 Å². The van der Waals surface area contributed by atoms with Crippen LogP contribution >= 0.6 is 0 Å². The lowest BCUT2D eigenvalue weighted by atomic mass is 10.0. The van der Waals surface area contributed by atoms with E-state index in [-0.39, 0.29) is 5.88 Å². The molecule has 0 radical (unpaired) electrons. The molecule has 4 rings (SSSR count). The van der Waals surface area contributed by atoms with Crippen molar-refractivity contribution < 1.29 is 4.52 Å². The molecule has 7 nitrogen and oxygen atoms in total. The van der Waals surface area contributed by atoms with Gasteiger partial charge in [0.2, 0.25) is 5.88 Å². The minimum Gasteiger partial charge on any atom is -0.367 e. The van der Waals surface area contributed by atoms with E-state index in [2.05, 4.69) is 20.2 Å². The van der Waals surface area contributed by atoms with Gasteiger partial charge >= 0.3 is 0 Å². The Morgan fingerprint density at radius 3 is 2.86 bits per heavy atom. The molecule has 2 N–H and O–H groups in total. The molecular formula is C14H10N6O. The fraction of sp³-hybridized carbons (Fsp3) is 0. The number of nitrogens with two attached hydrogens (primary N) is 1. The average Bonchev–Trinajstić information content (AvgIpc) is 3.11. The number of pyridine rings is 1. The Morgan fingerprint density at radius 1 is 1.10 bits per heavy atom. The fourth-order valence-electron chi connectivity index (χ4n) is 2.29. The molecule has 0 unspecified atom stereocenters. The Labute approximate surface area is 119 Å². The van der Waals surface area contributed by atoms with Gasteiger partial charge in [0.05, 0.1) is 29.0 Å². The normalized spacial score (nSPS) is 11.0. The summed E-state index contributed by atoms with van der Waals surface area (Å²) in [7, 11) is 0. The van der Waals surface area contributed by atoms with E-state index in [0.29, 0.717) is 11.3 Å². The van der Waals surface area contributed by atoms with Crippen LogP contribution in [0, 0.1) is 0 Å². The second-order valence-electron chi connectivity index (χ2n) is 4.48. The molecular weight excluding hydrogens is 268 g/mol. The monoisotopic (exact) mass is 278 g/mol. The molecule has 0 amide bonds. The van der Waals surface area contributed by atoms with Crippen LogP contribution in [0.15, 0.2) is 53.8 Å². The Kier molecular flexibility index (Phi) is 2.43. The first-order valence-electron chi connectivity index (χ1n) is 6.28. The van der Waals surface area contributed by atoms with Crippen LogP contribution in [0.3, 0.4) is 0 Å². The van der Waals surface area contributed by atoms with Gasteiger partial charge in [-0.1, -0.05) is 11.2 Å². The number of hydrogen-bond donors (Lipinski definition) is 1. The Morgan fingerprint density at radius 2 is 2.00 bits per heavy atom. The van der Waals surface area contributed by atoms with E-state index >= 15 is 0 Å². The fourth-order valence-corrected chi connectivity index (χ4v) is 2.29. The summed E-state index contributed by atoms with van der Waals surface area (Å²) in [5, 5.41) is 8.35. The number of hydrogen-bond acceptors (Lipinski definition) is 6. The molecule has 4 heterocycles. The second kappa shape index (κ2) is 4.41. The molecule has 102 valence electrons. The first kappa shape index (κ1) is 11.6. The molecule has 0 saturated carbocycles. The average molecular weight is 278 g/mol. The maximum Gasteiger partial charge on any atom is 0.230 e. The zero-order valence-corrected chi connectivity index (χ0v) is 10.8. The lowest BCUT2D eigenvalue weighted by molar-refractivity contribution is 0.439. The van der Waals surface area contributed by atoms with Gasteiger partial charge in [0.25, 0.3) is 0 Å². The van der Waals surface area contributed by atoms with Gasteiger partial charge < -0.3 is 10.3 Å². The van der Waals surface area contributed by atoms with E-state index in [1.807, 2.05) is 12.1 Å². The molecule has 21 heavy (non-hydrogen) atoms. The minimum absolute atomic E-state index is 0.251. The van der Waals surface area contributed by atoms with Crippen LogP contribution in [-0.2, 0) is 0 Å². The summed E-state index contributed by atoms with van der Waals surface area (Å²) in [6, 6.07) is 3.74. The van der Waals surface area contributed by atoms with Gasteiger partial charge in [-0.2, -0.15) is 5.10 Å². The molecule has 0 bridgehead atoms. The van der Waals surface area contributed by atoms with E-state index in [1.165, 1.54) is 0 Å². The number of nitrogen functional groups attached to an aromatic ring is 1. The summed E-state index contributed by atoms with van der Waals surface area (Å²) < 4.78 is 6.89. The van der Waals surface area contributed by atoms with Gasteiger partial charge in [0.15, 0.2) is 0 Å². The van der Waals surface area contributed by atoms with Crippen molar-refractivity contribution in [1.29, 1.82) is 0 Å². The van der Waals surface area contributed by atoms with E-state index in [9.17, 15) is 0 Å². The number of aromatic nitrogens is 5. The highest BCUT2D eigenvalue weighted by atomic mass is 16.5. The smallest absolute Gasteiger partial charge is 0.230 e. The third kappa shape index (κ3) is 1.75. The van der Waals surface area contributed by atoms with Crippen molar-refractivity contribution >= 4 is 11.4 Å². The predicted molar refractivity (Wildman–Crippen MR) is 76.1 cm³/mol. The van der Waals surface area contributed by atoms with Gasteiger partial charge in [0, 0.05) is 30.4 Å². The summed E-state index contributed by atoms with van der Waals surface area (Å²) in [6.45, 7) is 0. The Hall–Kier alpha value is -3.22. The zero-order valence-electron chi connectivity index (χ0n) is 10.8. The van der Waals surface area contributed by atoms with Crippen LogP contribution in [0.5, 0.6) is 0 Å². The lowest BCUT2D eigenvalue weighted by Gasteiger charge is -2.00. The molecule has 4 aromatic rings. The molecule has 0 aliphatic rings. The summed E-state index contributed by atoms with van der Waals surface area (Å²) in [5.74, 6) is 0.251. The van der Waals surface area contributed by atoms with Gasteiger partial charge in [-0.15, -0.1) is 0 Å². The van der Waals surface area contributed by atoms with Gasteiger partial charge in [-0.3, -0.25) is 9.97 Å².